The van der Waals surface area contributed by atoms with Gasteiger partial charge in [-0.3, -0.25) is 4.57 Å². The molecule has 2 aromatic heterocycles. The van der Waals surface area contributed by atoms with Crippen LogP contribution in [0.15, 0.2) is 48.5 Å². The number of benzene rings is 2. The number of nitrogens with zero attached hydrogens (tertiary/aromatic N) is 3. The van der Waals surface area contributed by atoms with Gasteiger partial charge in [-0.2, -0.15) is 0 Å². The van der Waals surface area contributed by atoms with Crippen LogP contribution >= 0.6 is 0 Å². The largest absolute Gasteiger partial charge is 0.497 e. The number of carbonyl (C=O) groups is 1. The van der Waals surface area contributed by atoms with Crippen LogP contribution in [-0.2, 0) is 9.47 Å². The molecule has 1 atom stereocenters. The highest BCUT2D eigenvalue weighted by molar-refractivity contribution is 6.09. The number of aromatic nitrogens is 3. The minimum Gasteiger partial charge on any atom is -0.497 e. The van der Waals surface area contributed by atoms with E-state index in [9.17, 15) is 4.79 Å². The van der Waals surface area contributed by atoms with Crippen LogP contribution in [0.1, 0.15) is 17.3 Å². The van der Waals surface area contributed by atoms with Crippen LogP contribution in [0.25, 0.3) is 27.9 Å². The van der Waals surface area contributed by atoms with E-state index in [-0.39, 0.29) is 18.0 Å². The van der Waals surface area contributed by atoms with Gasteiger partial charge in [0, 0.05) is 12.8 Å². The fourth-order valence-corrected chi connectivity index (χ4v) is 3.37. The van der Waals surface area contributed by atoms with Gasteiger partial charge in [0.1, 0.15) is 28.8 Å². The second kappa shape index (κ2) is 8.00. The third-order valence-corrected chi connectivity index (χ3v) is 4.74. The molecule has 4 aromatic rings. The number of anilines is 1. The summed E-state index contributed by atoms with van der Waals surface area (Å²) < 4.78 is 17.5. The molecule has 30 heavy (non-hydrogen) atoms. The predicted octanol–water partition coefficient (Wildman–Crippen LogP) is 3.36. The molecule has 0 bridgehead atoms. The summed E-state index contributed by atoms with van der Waals surface area (Å²) in [6.07, 6.45) is -0.435. The first-order chi connectivity index (χ1) is 14.5. The van der Waals surface area contributed by atoms with E-state index in [1.165, 1.54) is 0 Å². The lowest BCUT2D eigenvalue weighted by molar-refractivity contribution is 0.0123. The molecule has 0 aliphatic carbocycles. The van der Waals surface area contributed by atoms with Crippen LogP contribution in [0.4, 0.5) is 5.82 Å². The zero-order valence-electron chi connectivity index (χ0n) is 17.0. The molecule has 0 saturated heterocycles. The third-order valence-electron chi connectivity index (χ3n) is 4.74. The molecular formula is C22H22N4O4. The highest BCUT2D eigenvalue weighted by Gasteiger charge is 2.27. The monoisotopic (exact) mass is 406 g/mol. The first kappa shape index (κ1) is 19.7. The molecule has 0 fully saturated rings. The fraction of sp³-hybridized carbons (Fsp3) is 0.227. The smallest absolute Gasteiger partial charge is 0.344 e. The minimum absolute atomic E-state index is 0.182. The van der Waals surface area contributed by atoms with E-state index in [2.05, 4.69) is 4.98 Å². The average molecular weight is 406 g/mol. The lowest BCUT2D eigenvalue weighted by Crippen LogP contribution is -2.20. The maximum Gasteiger partial charge on any atom is 0.344 e. The number of para-hydroxylation sites is 2. The van der Waals surface area contributed by atoms with Crippen molar-refractivity contribution in [3.63, 3.8) is 0 Å². The molecule has 0 spiro atoms. The number of hydrogen-bond acceptors (Lipinski definition) is 7. The zero-order valence-corrected chi connectivity index (χ0v) is 17.0. The van der Waals surface area contributed by atoms with Gasteiger partial charge in [0.25, 0.3) is 0 Å². The molecule has 0 radical (unpaired) electrons. The Morgan fingerprint density at radius 3 is 2.37 bits per heavy atom. The first-order valence-corrected chi connectivity index (χ1v) is 9.44. The number of esters is 1. The van der Waals surface area contributed by atoms with Crippen LogP contribution in [-0.4, -0.2) is 47.4 Å². The predicted molar refractivity (Wildman–Crippen MR) is 114 cm³/mol. The highest BCUT2D eigenvalue weighted by atomic mass is 16.6. The second-order valence-corrected chi connectivity index (χ2v) is 6.85. The van der Waals surface area contributed by atoms with Gasteiger partial charge in [-0.1, -0.05) is 12.1 Å². The Hall–Kier alpha value is -3.65. The van der Waals surface area contributed by atoms with Gasteiger partial charge in [-0.25, -0.2) is 14.8 Å². The van der Waals surface area contributed by atoms with Gasteiger partial charge in [0.2, 0.25) is 0 Å². The number of ether oxygens (including phenoxy) is 3. The average Bonchev–Trinajstić information content (AvgIpc) is 3.03. The van der Waals surface area contributed by atoms with Crippen molar-refractivity contribution in [2.24, 2.45) is 0 Å². The Balaban J connectivity index is 1.94. The number of fused-ring (bicyclic) bond motifs is 2. The number of methoxy groups -OCH3 is 2. The van der Waals surface area contributed by atoms with Gasteiger partial charge < -0.3 is 19.9 Å². The SMILES string of the molecule is COC[C@H](C)OC(=O)c1c(N)n(-c2ccc(OC)cc2)c2nc3ccccc3nc12. The summed E-state index contributed by atoms with van der Waals surface area (Å²) in [4.78, 5) is 22.4. The normalized spacial score (nSPS) is 12.2. The molecule has 8 heteroatoms. The van der Waals surface area contributed by atoms with E-state index < -0.39 is 12.1 Å². The summed E-state index contributed by atoms with van der Waals surface area (Å²) in [6, 6.07) is 14.8. The number of nitrogen functional groups attached to an aromatic ring is 1. The first-order valence-electron chi connectivity index (χ1n) is 9.44. The van der Waals surface area contributed by atoms with E-state index in [1.54, 1.807) is 25.7 Å². The fourth-order valence-electron chi connectivity index (χ4n) is 3.37. The van der Waals surface area contributed by atoms with Gasteiger partial charge in [-0.05, 0) is 43.3 Å². The van der Waals surface area contributed by atoms with Crippen molar-refractivity contribution < 1.29 is 19.0 Å². The Bertz CT molecular complexity index is 1220. The van der Waals surface area contributed by atoms with Crippen LogP contribution in [0.2, 0.25) is 0 Å². The quantitative estimate of drug-likeness (QED) is 0.490. The molecule has 0 aliphatic rings. The molecule has 0 unspecified atom stereocenters. The zero-order chi connectivity index (χ0) is 21.3. The summed E-state index contributed by atoms with van der Waals surface area (Å²) in [5, 5.41) is 0. The summed E-state index contributed by atoms with van der Waals surface area (Å²) in [6.45, 7) is 2.03. The number of hydrogen-bond donors (Lipinski definition) is 1. The Morgan fingerprint density at radius 1 is 1.07 bits per heavy atom. The van der Waals surface area contributed by atoms with Crippen molar-refractivity contribution in [1.29, 1.82) is 0 Å². The second-order valence-electron chi connectivity index (χ2n) is 6.85. The van der Waals surface area contributed by atoms with Crippen molar-refractivity contribution in [3.05, 3.63) is 54.1 Å². The number of rotatable bonds is 6. The minimum atomic E-state index is -0.570. The molecule has 2 aromatic carbocycles. The van der Waals surface area contributed by atoms with Crippen LogP contribution in [0, 0.1) is 0 Å². The Kier molecular flexibility index (Phi) is 5.24. The van der Waals surface area contributed by atoms with Gasteiger partial charge in [0.05, 0.1) is 24.8 Å². The topological polar surface area (TPSA) is 101 Å². The standard InChI is InChI=1S/C22H22N4O4/c1-13(12-28-2)30-22(27)18-19-21(25-17-7-5-4-6-16(17)24-19)26(20(18)23)14-8-10-15(29-3)11-9-14/h4-11,13H,12,23H2,1-3H3/t13-/m0/s1. The van der Waals surface area contributed by atoms with E-state index in [0.717, 1.165) is 5.69 Å². The number of nitrogens with two attached hydrogens (primary N) is 1. The summed E-state index contributed by atoms with van der Waals surface area (Å²) >= 11 is 0. The molecule has 0 aliphatic heterocycles. The van der Waals surface area contributed by atoms with Crippen molar-refractivity contribution in [2.75, 3.05) is 26.6 Å². The summed E-state index contributed by atoms with van der Waals surface area (Å²) in [7, 11) is 3.15. The molecule has 2 N–H and O–H groups in total. The molecule has 8 nitrogen and oxygen atoms in total. The molecule has 0 saturated carbocycles. The van der Waals surface area contributed by atoms with Crippen molar-refractivity contribution in [1.82, 2.24) is 14.5 Å². The summed E-state index contributed by atoms with van der Waals surface area (Å²) in [5.74, 6) is 0.345. The van der Waals surface area contributed by atoms with Gasteiger partial charge in [-0.15, -0.1) is 0 Å². The van der Waals surface area contributed by atoms with E-state index in [1.807, 2.05) is 48.5 Å². The lowest BCUT2D eigenvalue weighted by Gasteiger charge is -2.12. The van der Waals surface area contributed by atoms with Crippen LogP contribution in [0.3, 0.4) is 0 Å². The van der Waals surface area contributed by atoms with Gasteiger partial charge in [0.15, 0.2) is 5.65 Å². The van der Waals surface area contributed by atoms with Crippen LogP contribution < -0.4 is 10.5 Å². The van der Waals surface area contributed by atoms with Crippen molar-refractivity contribution >= 4 is 34.0 Å². The van der Waals surface area contributed by atoms with Crippen LogP contribution in [0.5, 0.6) is 5.75 Å². The molecule has 4 rings (SSSR count). The highest BCUT2D eigenvalue weighted by Crippen LogP contribution is 2.32. The third kappa shape index (κ3) is 3.42. The maximum absolute atomic E-state index is 13.0. The maximum atomic E-state index is 13.0. The molecular weight excluding hydrogens is 384 g/mol. The molecule has 0 amide bonds. The molecule has 154 valence electrons. The van der Waals surface area contributed by atoms with E-state index in [0.29, 0.717) is 27.9 Å². The lowest BCUT2D eigenvalue weighted by atomic mass is 10.2. The van der Waals surface area contributed by atoms with Crippen molar-refractivity contribution in [3.8, 4) is 11.4 Å². The summed E-state index contributed by atoms with van der Waals surface area (Å²) in [5.41, 5.74) is 9.58. The van der Waals surface area contributed by atoms with Crippen molar-refractivity contribution in [2.45, 2.75) is 13.0 Å². The Labute approximate surface area is 173 Å². The molecule has 2 heterocycles. The van der Waals surface area contributed by atoms with E-state index >= 15 is 0 Å². The van der Waals surface area contributed by atoms with E-state index in [4.69, 9.17) is 24.9 Å². The number of carbonyl (C=O) groups excluding carboxylic acids is 1. The van der Waals surface area contributed by atoms with Gasteiger partial charge >= 0.3 is 5.97 Å². The Morgan fingerprint density at radius 2 is 1.73 bits per heavy atom.